The molecule has 0 bridgehead atoms. The number of carbonyl (C=O) groups is 2. The number of ketones is 2. The largest absolute Gasteiger partial charge is 0.508 e. The molecule has 2 aliphatic carbocycles. The smallest absolute Gasteiger partial charge is 0.187 e. The fourth-order valence-corrected chi connectivity index (χ4v) is 5.79. The van der Waals surface area contributed by atoms with E-state index in [1.807, 2.05) is 110 Å². The van der Waals surface area contributed by atoms with Crippen molar-refractivity contribution in [2.45, 2.75) is 101 Å². The van der Waals surface area contributed by atoms with Crippen LogP contribution < -0.4 is 0 Å². The molecule has 5 nitrogen and oxygen atoms in total. The molecule has 0 unspecified atom stereocenters. The summed E-state index contributed by atoms with van der Waals surface area (Å²) in [6.45, 7) is 19.3. The van der Waals surface area contributed by atoms with E-state index in [0.29, 0.717) is 30.4 Å². The lowest BCUT2D eigenvalue weighted by Crippen LogP contribution is -2.36. The van der Waals surface area contributed by atoms with Crippen LogP contribution in [0.15, 0.2) is 106 Å². The maximum atomic E-state index is 13.0. The molecule has 3 atom stereocenters. The molecular weight excluding hydrogens is 560 g/mol. The minimum Gasteiger partial charge on any atom is -0.508 e. The van der Waals surface area contributed by atoms with Crippen LogP contribution >= 0.6 is 0 Å². The highest BCUT2D eigenvalue weighted by Crippen LogP contribution is 2.53. The van der Waals surface area contributed by atoms with Gasteiger partial charge in [0, 0.05) is 28.1 Å². The predicted octanol–water partition coefficient (Wildman–Crippen LogP) is 8.32. The Morgan fingerprint density at radius 1 is 0.822 bits per heavy atom. The molecule has 5 heteroatoms. The average molecular weight is 613 g/mol. The molecule has 0 saturated heterocycles. The zero-order valence-electron chi connectivity index (χ0n) is 28.8. The van der Waals surface area contributed by atoms with Gasteiger partial charge < -0.3 is 15.3 Å². The van der Waals surface area contributed by atoms with Crippen molar-refractivity contribution in [1.82, 2.24) is 0 Å². The molecule has 0 spiro atoms. The summed E-state index contributed by atoms with van der Waals surface area (Å²) in [4.78, 5) is 25.2. The SMILES string of the molecule is CC1=C(C#C/C(C)=C/C=C/C(C)=C/C=C/C=C(C)/C=C/C=C(C)/C(O)=C/C(=O)[C@@]2(C)C[C@H](O)CC2(C)C)C(C)(C)C[C@H](O)C1=O. The van der Waals surface area contributed by atoms with Crippen molar-refractivity contribution in [1.29, 1.82) is 0 Å². The van der Waals surface area contributed by atoms with Crippen molar-refractivity contribution >= 4 is 11.6 Å². The van der Waals surface area contributed by atoms with Gasteiger partial charge in [-0.05, 0) is 70.4 Å². The highest BCUT2D eigenvalue weighted by atomic mass is 16.3. The van der Waals surface area contributed by atoms with E-state index in [1.165, 1.54) is 6.08 Å². The molecule has 242 valence electrons. The molecule has 0 aromatic heterocycles. The third-order valence-corrected chi connectivity index (χ3v) is 9.15. The van der Waals surface area contributed by atoms with Gasteiger partial charge in [0.15, 0.2) is 11.6 Å². The van der Waals surface area contributed by atoms with E-state index in [-0.39, 0.29) is 28.2 Å². The summed E-state index contributed by atoms with van der Waals surface area (Å²) < 4.78 is 0. The zero-order chi connectivity index (χ0) is 34.2. The summed E-state index contributed by atoms with van der Waals surface area (Å²) in [5.74, 6) is 5.85. The first-order valence-electron chi connectivity index (χ1n) is 15.6. The molecule has 3 N–H and O–H groups in total. The summed E-state index contributed by atoms with van der Waals surface area (Å²) in [5, 5.41) is 30.6. The second kappa shape index (κ2) is 15.5. The average Bonchev–Trinajstić information content (AvgIpc) is 3.15. The summed E-state index contributed by atoms with van der Waals surface area (Å²) in [5.41, 5.74) is 3.49. The van der Waals surface area contributed by atoms with E-state index in [9.17, 15) is 24.9 Å². The van der Waals surface area contributed by atoms with E-state index in [2.05, 4.69) is 11.8 Å². The van der Waals surface area contributed by atoms with E-state index < -0.39 is 17.6 Å². The standard InChI is InChI=1S/C40H52O5/c1-27(17-13-18-29(3)21-22-33-31(5)37(45)35(43)26-38(33,6)7)15-11-12-16-28(2)19-14-20-30(4)34(42)23-36(44)40(10)25-32(41)24-39(40,8)9/h11-20,23,32,35,41-43H,24-26H2,1-10H3/b12-11+,17-13+,19-14+,27-15+,28-16+,29-18+,30-20+,34-23-/t32-,35+,40-/m1/s1. The number of aliphatic hydroxyl groups is 3. The van der Waals surface area contributed by atoms with Crippen molar-refractivity contribution in [3.8, 4) is 11.8 Å². The fourth-order valence-electron chi connectivity index (χ4n) is 5.79. The van der Waals surface area contributed by atoms with E-state index >= 15 is 0 Å². The van der Waals surface area contributed by atoms with Gasteiger partial charge in [-0.25, -0.2) is 0 Å². The van der Waals surface area contributed by atoms with Crippen molar-refractivity contribution < 1.29 is 24.9 Å². The summed E-state index contributed by atoms with van der Waals surface area (Å²) in [6, 6.07) is 0. The molecule has 0 aliphatic heterocycles. The van der Waals surface area contributed by atoms with Crippen LogP contribution in [0.3, 0.4) is 0 Å². The van der Waals surface area contributed by atoms with Crippen LogP contribution in [0.1, 0.15) is 88.5 Å². The van der Waals surface area contributed by atoms with Crippen molar-refractivity contribution in [2.24, 2.45) is 16.2 Å². The van der Waals surface area contributed by atoms with Gasteiger partial charge in [0.1, 0.15) is 11.9 Å². The highest BCUT2D eigenvalue weighted by molar-refractivity contribution is 6.01. The zero-order valence-corrected chi connectivity index (χ0v) is 28.8. The Balaban J connectivity index is 1.97. The highest BCUT2D eigenvalue weighted by Gasteiger charge is 2.53. The van der Waals surface area contributed by atoms with Gasteiger partial charge in [0.25, 0.3) is 0 Å². The maximum Gasteiger partial charge on any atom is 0.187 e. The molecule has 0 amide bonds. The summed E-state index contributed by atoms with van der Waals surface area (Å²) in [6.07, 6.45) is 20.5. The first kappa shape index (κ1) is 37.5. The minimum absolute atomic E-state index is 0.0618. The lowest BCUT2D eigenvalue weighted by molar-refractivity contribution is -0.128. The number of hydrogen-bond donors (Lipinski definition) is 3. The molecular formula is C40H52O5. The minimum atomic E-state index is -0.950. The number of Topliss-reactive ketones (excluding diaryl/α,β-unsaturated/α-hetero) is 1. The Morgan fingerprint density at radius 2 is 1.38 bits per heavy atom. The van der Waals surface area contributed by atoms with Gasteiger partial charge in [0.05, 0.1) is 6.10 Å². The van der Waals surface area contributed by atoms with Crippen LogP contribution in [0.25, 0.3) is 0 Å². The van der Waals surface area contributed by atoms with Crippen LogP contribution in [0.5, 0.6) is 0 Å². The molecule has 1 saturated carbocycles. The lowest BCUT2D eigenvalue weighted by Gasteiger charge is -2.35. The van der Waals surface area contributed by atoms with Gasteiger partial charge in [-0.15, -0.1) is 0 Å². The van der Waals surface area contributed by atoms with Crippen molar-refractivity contribution in [3.05, 3.63) is 106 Å². The maximum absolute atomic E-state index is 13.0. The number of allylic oxidation sites excluding steroid dienone is 16. The van der Waals surface area contributed by atoms with Gasteiger partial charge in [0.2, 0.25) is 0 Å². The summed E-state index contributed by atoms with van der Waals surface area (Å²) in [7, 11) is 0. The van der Waals surface area contributed by atoms with Gasteiger partial charge in [-0.2, -0.15) is 0 Å². The Bertz CT molecular complexity index is 1500. The Morgan fingerprint density at radius 3 is 1.91 bits per heavy atom. The van der Waals surface area contributed by atoms with E-state index in [0.717, 1.165) is 22.3 Å². The van der Waals surface area contributed by atoms with E-state index in [1.54, 1.807) is 19.9 Å². The molecule has 0 aromatic carbocycles. The molecule has 45 heavy (non-hydrogen) atoms. The number of hydrogen-bond acceptors (Lipinski definition) is 5. The number of carbonyl (C=O) groups excluding carboxylic acids is 2. The molecule has 0 aromatic rings. The van der Waals surface area contributed by atoms with Crippen molar-refractivity contribution in [3.63, 3.8) is 0 Å². The van der Waals surface area contributed by atoms with Gasteiger partial charge in [-0.1, -0.05) is 118 Å². The van der Waals surface area contributed by atoms with Crippen LogP contribution in [0, 0.1) is 28.1 Å². The first-order chi connectivity index (χ1) is 20.8. The molecule has 0 radical (unpaired) electrons. The second-order valence-electron chi connectivity index (χ2n) is 14.0. The number of aliphatic hydroxyl groups excluding tert-OH is 3. The molecule has 2 aliphatic rings. The first-order valence-corrected chi connectivity index (χ1v) is 15.6. The molecule has 0 heterocycles. The Kier molecular flexibility index (Phi) is 12.9. The molecule has 1 fully saturated rings. The number of rotatable bonds is 9. The summed E-state index contributed by atoms with van der Waals surface area (Å²) >= 11 is 0. The quantitative estimate of drug-likeness (QED) is 0.105. The van der Waals surface area contributed by atoms with Crippen LogP contribution in [0.2, 0.25) is 0 Å². The monoisotopic (exact) mass is 612 g/mol. The van der Waals surface area contributed by atoms with Crippen molar-refractivity contribution in [2.75, 3.05) is 0 Å². The third-order valence-electron chi connectivity index (χ3n) is 9.15. The van der Waals surface area contributed by atoms with Crippen LogP contribution in [-0.2, 0) is 9.59 Å². The molecule has 2 rings (SSSR count). The van der Waals surface area contributed by atoms with E-state index in [4.69, 9.17) is 0 Å². The fraction of sp³-hybridized carbons (Fsp3) is 0.450. The third kappa shape index (κ3) is 10.1. The topological polar surface area (TPSA) is 94.8 Å². The second-order valence-corrected chi connectivity index (χ2v) is 14.0. The lowest BCUT2D eigenvalue weighted by atomic mass is 9.66. The normalized spacial score (nSPS) is 26.8. The predicted molar refractivity (Wildman–Crippen MR) is 185 cm³/mol. The van der Waals surface area contributed by atoms with Gasteiger partial charge >= 0.3 is 0 Å². The van der Waals surface area contributed by atoms with Crippen LogP contribution in [0.4, 0.5) is 0 Å². The Labute approximate surface area is 270 Å². The van der Waals surface area contributed by atoms with Gasteiger partial charge in [-0.3, -0.25) is 9.59 Å². The van der Waals surface area contributed by atoms with Crippen LogP contribution in [-0.4, -0.2) is 39.1 Å². The Hall–Kier alpha value is -3.72.